The van der Waals surface area contributed by atoms with E-state index in [0.29, 0.717) is 37.0 Å². The van der Waals surface area contributed by atoms with Gasteiger partial charge in [0.05, 0.1) is 24.5 Å². The van der Waals surface area contributed by atoms with Gasteiger partial charge in [-0.15, -0.1) is 0 Å². The topological polar surface area (TPSA) is 94.5 Å². The number of carbonyl (C=O) groups is 2. The summed E-state index contributed by atoms with van der Waals surface area (Å²) in [6, 6.07) is 8.64. The molecule has 8 heteroatoms. The van der Waals surface area contributed by atoms with Gasteiger partial charge in [0.2, 0.25) is 0 Å². The molecular formula is C21H26N4O4. The average molecular weight is 398 g/mol. The zero-order valence-corrected chi connectivity index (χ0v) is 16.5. The lowest BCUT2D eigenvalue weighted by molar-refractivity contribution is 0.0519. The SMILES string of the molecule is CCOC(=O)c1ccn(-c2cccc(NC(=O)NCCC3CC4CCC3O4)c2)n1. The Labute approximate surface area is 169 Å². The Hall–Kier alpha value is -2.87. The fourth-order valence-electron chi connectivity index (χ4n) is 4.10. The van der Waals surface area contributed by atoms with Crippen LogP contribution in [0.1, 0.15) is 43.1 Å². The minimum atomic E-state index is -0.458. The largest absolute Gasteiger partial charge is 0.461 e. The molecule has 29 heavy (non-hydrogen) atoms. The van der Waals surface area contributed by atoms with Gasteiger partial charge >= 0.3 is 12.0 Å². The van der Waals surface area contributed by atoms with E-state index in [2.05, 4.69) is 15.7 Å². The number of hydrogen-bond acceptors (Lipinski definition) is 5. The Morgan fingerprint density at radius 3 is 2.97 bits per heavy atom. The zero-order valence-electron chi connectivity index (χ0n) is 16.5. The highest BCUT2D eigenvalue weighted by atomic mass is 16.5. The molecule has 2 saturated heterocycles. The lowest BCUT2D eigenvalue weighted by atomic mass is 9.87. The van der Waals surface area contributed by atoms with Crippen LogP contribution >= 0.6 is 0 Å². The Morgan fingerprint density at radius 2 is 2.21 bits per heavy atom. The number of nitrogens with zero attached hydrogens (tertiary/aromatic N) is 2. The molecule has 0 aliphatic carbocycles. The highest BCUT2D eigenvalue weighted by molar-refractivity contribution is 5.89. The van der Waals surface area contributed by atoms with E-state index in [1.54, 1.807) is 29.9 Å². The number of benzene rings is 1. The first kappa shape index (κ1) is 19.4. The van der Waals surface area contributed by atoms with Crippen molar-refractivity contribution in [2.45, 2.75) is 44.8 Å². The fourth-order valence-corrected chi connectivity index (χ4v) is 4.10. The second kappa shape index (κ2) is 8.65. The number of carbonyl (C=O) groups excluding carboxylic acids is 2. The maximum atomic E-state index is 12.2. The highest BCUT2D eigenvalue weighted by Crippen LogP contribution is 2.40. The summed E-state index contributed by atoms with van der Waals surface area (Å²) in [5, 5.41) is 10.0. The minimum absolute atomic E-state index is 0.237. The van der Waals surface area contributed by atoms with Crippen LogP contribution in [0, 0.1) is 5.92 Å². The van der Waals surface area contributed by atoms with E-state index in [-0.39, 0.29) is 11.7 Å². The van der Waals surface area contributed by atoms with Gasteiger partial charge in [-0.05, 0) is 62.8 Å². The lowest BCUT2D eigenvalue weighted by Crippen LogP contribution is -2.31. The Balaban J connectivity index is 1.29. The van der Waals surface area contributed by atoms with Crippen molar-refractivity contribution < 1.29 is 19.1 Å². The molecule has 3 unspecified atom stereocenters. The molecule has 0 radical (unpaired) electrons. The maximum Gasteiger partial charge on any atom is 0.358 e. The molecule has 0 spiro atoms. The first-order chi connectivity index (χ1) is 14.1. The normalized spacial score (nSPS) is 22.4. The van der Waals surface area contributed by atoms with Gasteiger partial charge in [0, 0.05) is 18.4 Å². The van der Waals surface area contributed by atoms with E-state index in [0.717, 1.165) is 24.9 Å². The minimum Gasteiger partial charge on any atom is -0.461 e. The van der Waals surface area contributed by atoms with E-state index in [1.165, 1.54) is 6.42 Å². The van der Waals surface area contributed by atoms with E-state index in [9.17, 15) is 9.59 Å². The third-order valence-electron chi connectivity index (χ3n) is 5.47. The Morgan fingerprint density at radius 1 is 1.31 bits per heavy atom. The predicted molar refractivity (Wildman–Crippen MR) is 107 cm³/mol. The first-order valence-corrected chi connectivity index (χ1v) is 10.2. The second-order valence-corrected chi connectivity index (χ2v) is 7.46. The van der Waals surface area contributed by atoms with Crippen LogP contribution < -0.4 is 10.6 Å². The Bertz CT molecular complexity index is 881. The van der Waals surface area contributed by atoms with Crippen molar-refractivity contribution in [2.24, 2.45) is 5.92 Å². The summed E-state index contributed by atoms with van der Waals surface area (Å²) >= 11 is 0. The van der Waals surface area contributed by atoms with Gasteiger partial charge in [-0.25, -0.2) is 14.3 Å². The molecule has 2 amide bonds. The van der Waals surface area contributed by atoms with E-state index >= 15 is 0 Å². The summed E-state index contributed by atoms with van der Waals surface area (Å²) in [7, 11) is 0. The number of rotatable bonds is 7. The molecule has 2 aromatic rings. The van der Waals surface area contributed by atoms with Gasteiger partial charge in [0.15, 0.2) is 5.69 Å². The van der Waals surface area contributed by atoms with Crippen LogP contribution in [0.5, 0.6) is 0 Å². The number of amides is 2. The number of esters is 1. The van der Waals surface area contributed by atoms with Crippen LogP contribution in [0.15, 0.2) is 36.5 Å². The number of nitrogens with one attached hydrogen (secondary N) is 2. The third kappa shape index (κ3) is 4.59. The molecule has 1 aromatic carbocycles. The van der Waals surface area contributed by atoms with Crippen LogP contribution in [-0.2, 0) is 9.47 Å². The molecular weight excluding hydrogens is 372 g/mol. The molecule has 1 aromatic heterocycles. The van der Waals surface area contributed by atoms with Crippen molar-refractivity contribution in [1.82, 2.24) is 15.1 Å². The second-order valence-electron chi connectivity index (χ2n) is 7.46. The molecule has 4 rings (SSSR count). The zero-order chi connectivity index (χ0) is 20.2. The molecule has 3 heterocycles. The van der Waals surface area contributed by atoms with Crippen molar-refractivity contribution in [2.75, 3.05) is 18.5 Å². The number of hydrogen-bond donors (Lipinski definition) is 2. The smallest absolute Gasteiger partial charge is 0.358 e. The molecule has 2 fully saturated rings. The molecule has 2 N–H and O–H groups in total. The van der Waals surface area contributed by atoms with Crippen molar-refractivity contribution in [3.63, 3.8) is 0 Å². The number of fused-ring (bicyclic) bond motifs is 2. The van der Waals surface area contributed by atoms with E-state index in [1.807, 2.05) is 18.2 Å². The lowest BCUT2D eigenvalue weighted by Gasteiger charge is -2.18. The van der Waals surface area contributed by atoms with Crippen molar-refractivity contribution in [3.05, 3.63) is 42.2 Å². The number of aromatic nitrogens is 2. The molecule has 3 atom stereocenters. The number of anilines is 1. The third-order valence-corrected chi connectivity index (χ3v) is 5.47. The van der Waals surface area contributed by atoms with Crippen molar-refractivity contribution in [1.29, 1.82) is 0 Å². The molecule has 2 aliphatic rings. The van der Waals surface area contributed by atoms with Gasteiger partial charge in [-0.2, -0.15) is 5.10 Å². The first-order valence-electron chi connectivity index (χ1n) is 10.2. The average Bonchev–Trinajstić information content (AvgIpc) is 3.45. The molecule has 2 aliphatic heterocycles. The molecule has 8 nitrogen and oxygen atoms in total. The van der Waals surface area contributed by atoms with E-state index < -0.39 is 5.97 Å². The molecule has 0 saturated carbocycles. The van der Waals surface area contributed by atoms with Crippen LogP contribution in [-0.4, -0.2) is 47.1 Å². The van der Waals surface area contributed by atoms with Crippen LogP contribution in [0.2, 0.25) is 0 Å². The monoisotopic (exact) mass is 398 g/mol. The summed E-state index contributed by atoms with van der Waals surface area (Å²) in [6.45, 7) is 2.68. The number of ether oxygens (including phenoxy) is 2. The standard InChI is InChI=1S/C21H26N4O4/c1-2-28-20(26)18-9-11-25(24-18)16-5-3-4-15(13-16)23-21(27)22-10-8-14-12-17-6-7-19(14)29-17/h3-5,9,11,13-14,17,19H,2,6-8,10,12H2,1H3,(H2,22,23,27). The van der Waals surface area contributed by atoms with Gasteiger partial charge in [0.25, 0.3) is 0 Å². The van der Waals surface area contributed by atoms with Crippen molar-refractivity contribution in [3.8, 4) is 5.69 Å². The summed E-state index contributed by atoms with van der Waals surface area (Å²) in [4.78, 5) is 24.0. The fraction of sp³-hybridized carbons (Fsp3) is 0.476. The van der Waals surface area contributed by atoms with Gasteiger partial charge in [0.1, 0.15) is 0 Å². The van der Waals surface area contributed by atoms with Crippen molar-refractivity contribution >= 4 is 17.7 Å². The molecule has 154 valence electrons. The number of urea groups is 1. The maximum absolute atomic E-state index is 12.2. The van der Waals surface area contributed by atoms with Crippen LogP contribution in [0.25, 0.3) is 5.69 Å². The van der Waals surface area contributed by atoms with Gasteiger partial charge in [-0.1, -0.05) is 6.07 Å². The molecule has 2 bridgehead atoms. The summed E-state index contributed by atoms with van der Waals surface area (Å²) in [5.41, 5.74) is 1.63. The van der Waals surface area contributed by atoms with E-state index in [4.69, 9.17) is 9.47 Å². The van der Waals surface area contributed by atoms with Gasteiger partial charge in [-0.3, -0.25) is 0 Å². The summed E-state index contributed by atoms with van der Waals surface area (Å²) < 4.78 is 12.4. The highest BCUT2D eigenvalue weighted by Gasteiger charge is 2.40. The van der Waals surface area contributed by atoms with Crippen LogP contribution in [0.4, 0.5) is 10.5 Å². The Kier molecular flexibility index (Phi) is 5.80. The predicted octanol–water partition coefficient (Wildman–Crippen LogP) is 3.13. The van der Waals surface area contributed by atoms with Crippen LogP contribution in [0.3, 0.4) is 0 Å². The quantitative estimate of drug-likeness (QED) is 0.699. The summed E-state index contributed by atoms with van der Waals surface area (Å²) in [5.74, 6) is 0.103. The van der Waals surface area contributed by atoms with Gasteiger partial charge < -0.3 is 20.1 Å². The summed E-state index contributed by atoms with van der Waals surface area (Å²) in [6.07, 6.45) is 6.90.